The molecule has 0 aliphatic rings. The van der Waals surface area contributed by atoms with Gasteiger partial charge in [0.2, 0.25) is 0 Å². The average Bonchev–Trinajstić information content (AvgIpc) is 2.40. The number of aliphatic hydroxyl groups excluding tert-OH is 1. The molecule has 94 valence electrons. The van der Waals surface area contributed by atoms with Gasteiger partial charge in [-0.05, 0) is 37.3 Å². The Labute approximate surface area is 111 Å². The van der Waals surface area contributed by atoms with Crippen molar-refractivity contribution in [1.82, 2.24) is 4.98 Å². The highest BCUT2D eigenvalue weighted by atomic mass is 32.2. The fourth-order valence-corrected chi connectivity index (χ4v) is 2.53. The van der Waals surface area contributed by atoms with Crippen LogP contribution >= 0.6 is 11.8 Å². The van der Waals surface area contributed by atoms with Crippen molar-refractivity contribution in [3.05, 3.63) is 48.2 Å². The van der Waals surface area contributed by atoms with E-state index in [4.69, 9.17) is 4.74 Å². The summed E-state index contributed by atoms with van der Waals surface area (Å²) >= 11 is 1.54. The highest BCUT2D eigenvalue weighted by Crippen LogP contribution is 2.32. The van der Waals surface area contributed by atoms with Crippen LogP contribution in [0.2, 0.25) is 0 Å². The molecule has 1 N–H and O–H groups in total. The van der Waals surface area contributed by atoms with E-state index in [1.165, 1.54) is 11.8 Å². The van der Waals surface area contributed by atoms with E-state index in [1.807, 2.05) is 36.4 Å². The Bertz CT molecular complexity index is 511. The van der Waals surface area contributed by atoms with Crippen LogP contribution in [0.25, 0.3) is 0 Å². The van der Waals surface area contributed by atoms with Crippen molar-refractivity contribution >= 4 is 11.8 Å². The van der Waals surface area contributed by atoms with Crippen LogP contribution in [0.4, 0.5) is 0 Å². The molecule has 1 aromatic heterocycles. The quantitative estimate of drug-likeness (QED) is 0.917. The Balaban J connectivity index is 2.22. The summed E-state index contributed by atoms with van der Waals surface area (Å²) in [6.07, 6.45) is 1.22. The second-order valence-corrected chi connectivity index (χ2v) is 4.91. The van der Waals surface area contributed by atoms with E-state index in [9.17, 15) is 5.11 Å². The van der Waals surface area contributed by atoms with Gasteiger partial charge in [-0.15, -0.1) is 0 Å². The molecule has 0 aliphatic heterocycles. The largest absolute Gasteiger partial charge is 0.497 e. The Morgan fingerprint density at radius 3 is 2.56 bits per heavy atom. The van der Waals surface area contributed by atoms with E-state index in [0.717, 1.165) is 21.2 Å². The van der Waals surface area contributed by atoms with Gasteiger partial charge in [0.25, 0.3) is 0 Å². The summed E-state index contributed by atoms with van der Waals surface area (Å²) in [4.78, 5) is 5.38. The number of hydrogen-bond acceptors (Lipinski definition) is 4. The predicted octanol–water partition coefficient (Wildman–Crippen LogP) is 3.29. The molecule has 0 saturated heterocycles. The Hall–Kier alpha value is -1.52. The molecule has 4 heteroatoms. The van der Waals surface area contributed by atoms with Crippen molar-refractivity contribution < 1.29 is 9.84 Å². The van der Waals surface area contributed by atoms with Gasteiger partial charge in [0, 0.05) is 16.7 Å². The summed E-state index contributed by atoms with van der Waals surface area (Å²) in [6.45, 7) is 1.75. The molecular weight excluding hydrogens is 246 g/mol. The molecule has 2 rings (SSSR count). The highest BCUT2D eigenvalue weighted by Gasteiger charge is 2.09. The Morgan fingerprint density at radius 2 is 1.94 bits per heavy atom. The number of benzene rings is 1. The summed E-state index contributed by atoms with van der Waals surface area (Å²) in [5.41, 5.74) is 0.846. The molecule has 0 amide bonds. The van der Waals surface area contributed by atoms with Crippen LogP contribution in [0.15, 0.2) is 52.5 Å². The number of aliphatic hydroxyl groups is 1. The van der Waals surface area contributed by atoms with Crippen molar-refractivity contribution in [1.29, 1.82) is 0 Å². The van der Waals surface area contributed by atoms with Gasteiger partial charge in [0.05, 0.1) is 13.2 Å². The molecule has 0 radical (unpaired) electrons. The zero-order chi connectivity index (χ0) is 13.0. The number of hydrogen-bond donors (Lipinski definition) is 1. The van der Waals surface area contributed by atoms with Gasteiger partial charge >= 0.3 is 0 Å². The first kappa shape index (κ1) is 12.9. The van der Waals surface area contributed by atoms with Crippen molar-refractivity contribution in [2.24, 2.45) is 0 Å². The number of aromatic nitrogens is 1. The number of methoxy groups -OCH3 is 1. The molecule has 1 atom stereocenters. The minimum Gasteiger partial charge on any atom is -0.497 e. The van der Waals surface area contributed by atoms with Crippen LogP contribution < -0.4 is 4.74 Å². The Morgan fingerprint density at radius 1 is 1.22 bits per heavy atom. The maximum absolute atomic E-state index is 9.69. The third-order valence-corrected chi connectivity index (χ3v) is 3.57. The van der Waals surface area contributed by atoms with E-state index >= 15 is 0 Å². The number of pyridine rings is 1. The minimum absolute atomic E-state index is 0.514. The molecule has 0 aliphatic carbocycles. The van der Waals surface area contributed by atoms with Gasteiger partial charge in [0.1, 0.15) is 10.8 Å². The van der Waals surface area contributed by atoms with Gasteiger partial charge in [-0.2, -0.15) is 0 Å². The molecule has 0 bridgehead atoms. The normalized spacial score (nSPS) is 12.2. The van der Waals surface area contributed by atoms with Crippen molar-refractivity contribution in [2.75, 3.05) is 7.11 Å². The lowest BCUT2D eigenvalue weighted by Gasteiger charge is -2.10. The van der Waals surface area contributed by atoms with E-state index in [2.05, 4.69) is 4.98 Å². The first-order valence-electron chi connectivity index (χ1n) is 5.65. The van der Waals surface area contributed by atoms with Gasteiger partial charge in [-0.25, -0.2) is 4.98 Å². The molecular formula is C14H15NO2S. The zero-order valence-corrected chi connectivity index (χ0v) is 11.1. The third kappa shape index (κ3) is 3.03. The number of rotatable bonds is 4. The minimum atomic E-state index is -0.514. The van der Waals surface area contributed by atoms with E-state index in [-0.39, 0.29) is 0 Å². The second-order valence-electron chi connectivity index (χ2n) is 3.85. The molecule has 2 aromatic rings. The van der Waals surface area contributed by atoms with Crippen LogP contribution in [0, 0.1) is 0 Å². The molecule has 0 unspecified atom stereocenters. The van der Waals surface area contributed by atoms with Crippen molar-refractivity contribution in [3.63, 3.8) is 0 Å². The topological polar surface area (TPSA) is 42.4 Å². The summed E-state index contributed by atoms with van der Waals surface area (Å²) in [6, 6.07) is 11.5. The van der Waals surface area contributed by atoms with E-state index < -0.39 is 6.10 Å². The lowest BCUT2D eigenvalue weighted by Crippen LogP contribution is -1.95. The fraction of sp³-hybridized carbons (Fsp3) is 0.214. The van der Waals surface area contributed by atoms with Crippen LogP contribution in [0.1, 0.15) is 18.6 Å². The van der Waals surface area contributed by atoms with Gasteiger partial charge in [-0.1, -0.05) is 17.8 Å². The first-order chi connectivity index (χ1) is 8.70. The van der Waals surface area contributed by atoms with E-state index in [0.29, 0.717) is 0 Å². The first-order valence-corrected chi connectivity index (χ1v) is 6.47. The maximum Gasteiger partial charge on any atom is 0.118 e. The summed E-state index contributed by atoms with van der Waals surface area (Å²) in [5.74, 6) is 0.830. The molecule has 18 heavy (non-hydrogen) atoms. The molecule has 1 heterocycles. The predicted molar refractivity (Wildman–Crippen MR) is 72.0 cm³/mol. The van der Waals surface area contributed by atoms with Gasteiger partial charge in [0.15, 0.2) is 0 Å². The molecule has 0 fully saturated rings. The highest BCUT2D eigenvalue weighted by molar-refractivity contribution is 7.99. The van der Waals surface area contributed by atoms with Crippen LogP contribution in [-0.2, 0) is 0 Å². The van der Waals surface area contributed by atoms with Crippen LogP contribution in [0.5, 0.6) is 5.75 Å². The monoisotopic (exact) mass is 261 g/mol. The lowest BCUT2D eigenvalue weighted by atomic mass is 10.2. The van der Waals surface area contributed by atoms with Crippen molar-refractivity contribution in [3.8, 4) is 5.75 Å². The molecule has 0 spiro atoms. The fourth-order valence-electron chi connectivity index (χ4n) is 1.56. The Kier molecular flexibility index (Phi) is 4.23. The van der Waals surface area contributed by atoms with Crippen LogP contribution in [-0.4, -0.2) is 17.2 Å². The molecule has 1 aromatic carbocycles. The molecule has 3 nitrogen and oxygen atoms in total. The smallest absolute Gasteiger partial charge is 0.118 e. The summed E-state index contributed by atoms with van der Waals surface area (Å²) in [5, 5.41) is 10.5. The summed E-state index contributed by atoms with van der Waals surface area (Å²) in [7, 11) is 1.65. The standard InChI is InChI=1S/C14H15NO2S/c1-10(16)13-4-3-9-15-14(13)18-12-7-5-11(17-2)6-8-12/h3-10,16H,1-2H3/t10-/m1/s1. The zero-order valence-electron chi connectivity index (χ0n) is 10.3. The lowest BCUT2D eigenvalue weighted by molar-refractivity contribution is 0.195. The number of ether oxygens (including phenoxy) is 1. The maximum atomic E-state index is 9.69. The SMILES string of the molecule is COc1ccc(Sc2ncccc2[C@@H](C)O)cc1. The van der Waals surface area contributed by atoms with Crippen LogP contribution in [0.3, 0.4) is 0 Å². The second kappa shape index (κ2) is 5.89. The summed E-state index contributed by atoms with van der Waals surface area (Å²) < 4.78 is 5.12. The van der Waals surface area contributed by atoms with Crippen molar-refractivity contribution in [2.45, 2.75) is 22.9 Å². The van der Waals surface area contributed by atoms with Gasteiger partial charge < -0.3 is 9.84 Å². The average molecular weight is 261 g/mol. The number of nitrogens with zero attached hydrogens (tertiary/aromatic N) is 1. The third-order valence-electron chi connectivity index (χ3n) is 2.52. The van der Waals surface area contributed by atoms with E-state index in [1.54, 1.807) is 20.2 Å². The van der Waals surface area contributed by atoms with Gasteiger partial charge in [-0.3, -0.25) is 0 Å². The molecule has 0 saturated carbocycles.